The second-order valence-corrected chi connectivity index (χ2v) is 6.04. The molecule has 1 aromatic heterocycles. The molecule has 0 bridgehead atoms. The molecule has 0 aliphatic heterocycles. The third-order valence-corrected chi connectivity index (χ3v) is 4.23. The Hall–Kier alpha value is -3.68. The van der Waals surface area contributed by atoms with Crippen molar-refractivity contribution in [2.24, 2.45) is 0 Å². The van der Waals surface area contributed by atoms with Gasteiger partial charge in [0.15, 0.2) is 18.1 Å². The number of fused-ring (bicyclic) bond motifs is 1. The maximum atomic E-state index is 12.2. The summed E-state index contributed by atoms with van der Waals surface area (Å²) in [5, 5.41) is 3.53. The predicted octanol–water partition coefficient (Wildman–Crippen LogP) is 2.51. The smallest absolute Gasteiger partial charge is 0.336 e. The van der Waals surface area contributed by atoms with Gasteiger partial charge < -0.3 is 28.7 Å². The van der Waals surface area contributed by atoms with Crippen LogP contribution >= 0.6 is 0 Å². The van der Waals surface area contributed by atoms with Gasteiger partial charge >= 0.3 is 5.63 Å². The number of amides is 1. The van der Waals surface area contributed by atoms with Crippen molar-refractivity contribution in [1.82, 2.24) is 5.32 Å². The van der Waals surface area contributed by atoms with Crippen LogP contribution in [0.2, 0.25) is 0 Å². The maximum absolute atomic E-state index is 12.2. The Balaban J connectivity index is 1.62. The van der Waals surface area contributed by atoms with E-state index in [-0.39, 0.29) is 19.1 Å². The molecule has 1 N–H and O–H groups in total. The van der Waals surface area contributed by atoms with Crippen LogP contribution in [-0.2, 0) is 11.3 Å². The molecular weight excluding hydrogens is 378 g/mol. The molecule has 29 heavy (non-hydrogen) atoms. The maximum Gasteiger partial charge on any atom is 0.336 e. The molecule has 1 amide bonds. The molecule has 0 saturated carbocycles. The van der Waals surface area contributed by atoms with E-state index in [4.69, 9.17) is 23.4 Å². The van der Waals surface area contributed by atoms with E-state index in [1.807, 2.05) is 0 Å². The number of hydrogen-bond acceptors (Lipinski definition) is 7. The Bertz CT molecular complexity index is 1070. The first-order valence-electron chi connectivity index (χ1n) is 8.76. The summed E-state index contributed by atoms with van der Waals surface area (Å²) >= 11 is 0. The van der Waals surface area contributed by atoms with Crippen molar-refractivity contribution < 1.29 is 28.2 Å². The number of nitrogens with one attached hydrogen (secondary N) is 1. The van der Waals surface area contributed by atoms with Crippen molar-refractivity contribution in [3.8, 4) is 23.0 Å². The summed E-state index contributed by atoms with van der Waals surface area (Å²) in [7, 11) is 4.61. The van der Waals surface area contributed by atoms with Crippen LogP contribution in [0, 0.1) is 0 Å². The topological polar surface area (TPSA) is 96.2 Å². The van der Waals surface area contributed by atoms with Crippen LogP contribution in [0.25, 0.3) is 11.0 Å². The molecule has 0 aliphatic carbocycles. The number of ether oxygens (including phenoxy) is 4. The van der Waals surface area contributed by atoms with E-state index in [1.165, 1.54) is 27.4 Å². The van der Waals surface area contributed by atoms with E-state index in [0.717, 1.165) is 10.9 Å². The molecule has 152 valence electrons. The monoisotopic (exact) mass is 399 g/mol. The SMILES string of the molecule is COc1cc(OC)c(OC)cc1CNC(=O)COc1ccc2ccc(=O)oc2c1. The lowest BCUT2D eigenvalue weighted by Crippen LogP contribution is -2.28. The Morgan fingerprint density at radius 1 is 0.931 bits per heavy atom. The molecule has 2 aromatic carbocycles. The lowest BCUT2D eigenvalue weighted by atomic mass is 10.1. The van der Waals surface area contributed by atoms with Gasteiger partial charge in [0.1, 0.15) is 17.1 Å². The summed E-state index contributed by atoms with van der Waals surface area (Å²) in [6.07, 6.45) is 0. The first kappa shape index (κ1) is 20.1. The highest BCUT2D eigenvalue weighted by Crippen LogP contribution is 2.34. The van der Waals surface area contributed by atoms with Gasteiger partial charge in [-0.1, -0.05) is 0 Å². The van der Waals surface area contributed by atoms with Crippen molar-refractivity contribution >= 4 is 16.9 Å². The normalized spacial score (nSPS) is 10.4. The summed E-state index contributed by atoms with van der Waals surface area (Å²) in [4.78, 5) is 23.5. The molecule has 0 unspecified atom stereocenters. The minimum absolute atomic E-state index is 0.196. The van der Waals surface area contributed by atoms with Crippen LogP contribution in [0.15, 0.2) is 51.7 Å². The number of methoxy groups -OCH3 is 3. The quantitative estimate of drug-likeness (QED) is 0.582. The van der Waals surface area contributed by atoms with Gasteiger partial charge in [0.05, 0.1) is 21.3 Å². The number of benzene rings is 2. The van der Waals surface area contributed by atoms with E-state index < -0.39 is 5.63 Å². The molecule has 0 radical (unpaired) electrons. The summed E-state index contributed by atoms with van der Waals surface area (Å²) in [5.74, 6) is 1.73. The van der Waals surface area contributed by atoms with Crippen molar-refractivity contribution in [3.63, 3.8) is 0 Å². The van der Waals surface area contributed by atoms with Crippen molar-refractivity contribution in [3.05, 3.63) is 58.4 Å². The molecule has 3 aromatic rings. The lowest BCUT2D eigenvalue weighted by Gasteiger charge is -2.14. The fraction of sp³-hybridized carbons (Fsp3) is 0.238. The van der Waals surface area contributed by atoms with E-state index in [9.17, 15) is 9.59 Å². The molecule has 8 nitrogen and oxygen atoms in total. The summed E-state index contributed by atoms with van der Waals surface area (Å²) in [5.41, 5.74) is 0.674. The number of carbonyl (C=O) groups is 1. The predicted molar refractivity (Wildman–Crippen MR) is 106 cm³/mol. The van der Waals surface area contributed by atoms with Gasteiger partial charge in [0, 0.05) is 35.7 Å². The standard InChI is InChI=1S/C21H21NO7/c1-25-16-10-19(27-3)18(26-2)8-14(16)11-22-20(23)12-28-15-6-4-13-5-7-21(24)29-17(13)9-15/h4-10H,11-12H2,1-3H3,(H,22,23). The highest BCUT2D eigenvalue weighted by Gasteiger charge is 2.13. The molecule has 0 saturated heterocycles. The van der Waals surface area contributed by atoms with Gasteiger partial charge in [-0.15, -0.1) is 0 Å². The van der Waals surface area contributed by atoms with Crippen molar-refractivity contribution in [2.75, 3.05) is 27.9 Å². The minimum Gasteiger partial charge on any atom is -0.496 e. The van der Waals surface area contributed by atoms with E-state index in [2.05, 4.69) is 5.32 Å². The molecule has 1 heterocycles. The fourth-order valence-electron chi connectivity index (χ4n) is 2.76. The first-order valence-corrected chi connectivity index (χ1v) is 8.76. The number of rotatable bonds is 8. The second-order valence-electron chi connectivity index (χ2n) is 6.04. The zero-order valence-electron chi connectivity index (χ0n) is 16.3. The van der Waals surface area contributed by atoms with E-state index in [1.54, 1.807) is 36.4 Å². The first-order chi connectivity index (χ1) is 14.0. The highest BCUT2D eigenvalue weighted by atomic mass is 16.5. The van der Waals surface area contributed by atoms with Crippen LogP contribution in [0.1, 0.15) is 5.56 Å². The zero-order chi connectivity index (χ0) is 20.8. The van der Waals surface area contributed by atoms with Gasteiger partial charge in [0.2, 0.25) is 0 Å². The molecule has 0 fully saturated rings. The number of carbonyl (C=O) groups excluding carboxylic acids is 1. The third-order valence-electron chi connectivity index (χ3n) is 4.23. The van der Waals surface area contributed by atoms with Crippen molar-refractivity contribution in [2.45, 2.75) is 6.54 Å². The van der Waals surface area contributed by atoms with Gasteiger partial charge in [-0.25, -0.2) is 4.79 Å². The molecular formula is C21H21NO7. The van der Waals surface area contributed by atoms with Crippen molar-refractivity contribution in [1.29, 1.82) is 0 Å². The van der Waals surface area contributed by atoms with Crippen LogP contribution in [0.5, 0.6) is 23.0 Å². The molecule has 0 aliphatic rings. The number of hydrogen-bond donors (Lipinski definition) is 1. The van der Waals surface area contributed by atoms with Crippen LogP contribution in [0.3, 0.4) is 0 Å². The van der Waals surface area contributed by atoms with E-state index >= 15 is 0 Å². The zero-order valence-corrected chi connectivity index (χ0v) is 16.3. The average molecular weight is 399 g/mol. The highest BCUT2D eigenvalue weighted by molar-refractivity contribution is 5.79. The summed E-state index contributed by atoms with van der Waals surface area (Å²) in [6.45, 7) is 0.0243. The Morgan fingerprint density at radius 2 is 1.62 bits per heavy atom. The van der Waals surface area contributed by atoms with Gasteiger partial charge in [-0.3, -0.25) is 4.79 Å². The molecule has 0 spiro atoms. The van der Waals surface area contributed by atoms with Crippen LogP contribution < -0.4 is 29.9 Å². The van der Waals surface area contributed by atoms with Crippen LogP contribution in [0.4, 0.5) is 0 Å². The average Bonchev–Trinajstić information content (AvgIpc) is 2.75. The van der Waals surface area contributed by atoms with Crippen LogP contribution in [-0.4, -0.2) is 33.8 Å². The van der Waals surface area contributed by atoms with E-state index in [0.29, 0.717) is 28.6 Å². The molecule has 0 atom stereocenters. The third kappa shape index (κ3) is 4.78. The summed E-state index contributed by atoms with van der Waals surface area (Å²) in [6, 6.07) is 11.5. The summed E-state index contributed by atoms with van der Waals surface area (Å²) < 4.78 is 26.5. The Labute approximate surface area is 166 Å². The fourth-order valence-corrected chi connectivity index (χ4v) is 2.76. The van der Waals surface area contributed by atoms with Gasteiger partial charge in [0.25, 0.3) is 5.91 Å². The lowest BCUT2D eigenvalue weighted by molar-refractivity contribution is -0.123. The minimum atomic E-state index is -0.448. The Morgan fingerprint density at radius 3 is 2.34 bits per heavy atom. The van der Waals surface area contributed by atoms with Gasteiger partial charge in [-0.05, 0) is 24.3 Å². The second kappa shape index (κ2) is 9.01. The molecule has 8 heteroatoms. The largest absolute Gasteiger partial charge is 0.496 e. The van der Waals surface area contributed by atoms with Gasteiger partial charge in [-0.2, -0.15) is 0 Å². The molecule has 3 rings (SSSR count). The Kier molecular flexibility index (Phi) is 6.23.